The molecule has 2 heteroatoms. The molecule has 1 N–H and O–H groups in total. The predicted octanol–water partition coefficient (Wildman–Crippen LogP) is -0.00390. The van der Waals surface area contributed by atoms with E-state index in [9.17, 15) is 0 Å². The zero-order valence-corrected chi connectivity index (χ0v) is 6.25. The van der Waals surface area contributed by atoms with Crippen LogP contribution in [-0.4, -0.2) is 11.7 Å². The predicted molar refractivity (Wildman–Crippen MR) is 12.8 cm³/mol. The Morgan fingerprint density at radius 1 is 1.75 bits per heavy atom. The van der Waals surface area contributed by atoms with Crippen molar-refractivity contribution in [3.05, 3.63) is 0 Å². The van der Waals surface area contributed by atoms with E-state index in [0.717, 1.165) is 0 Å². The van der Waals surface area contributed by atoms with Crippen molar-refractivity contribution in [1.29, 1.82) is 0 Å². The minimum Gasteiger partial charge on any atom is -0.397 e. The molecule has 0 aliphatic carbocycles. The van der Waals surface area contributed by atoms with Crippen LogP contribution >= 0.6 is 0 Å². The molecule has 0 heterocycles. The van der Waals surface area contributed by atoms with Crippen LogP contribution in [0.5, 0.6) is 0 Å². The average Bonchev–Trinajstić information content (AvgIpc) is 0.918. The first-order valence-corrected chi connectivity index (χ1v) is 1.02. The molecular formula is C2H6HfO. The van der Waals surface area contributed by atoms with Gasteiger partial charge in [0.2, 0.25) is 0 Å². The molecule has 24 valence electrons. The second-order valence-electron chi connectivity index (χ2n) is 0.316. The average molecular weight is 225 g/mol. The summed E-state index contributed by atoms with van der Waals surface area (Å²) in [6.45, 7) is 1.93. The van der Waals surface area contributed by atoms with Crippen molar-refractivity contribution in [2.75, 3.05) is 6.61 Å². The molecule has 0 aromatic heterocycles. The van der Waals surface area contributed by atoms with Crippen molar-refractivity contribution in [2.24, 2.45) is 0 Å². The largest absolute Gasteiger partial charge is 0.397 e. The van der Waals surface area contributed by atoms with Crippen molar-refractivity contribution in [3.63, 3.8) is 0 Å². The van der Waals surface area contributed by atoms with E-state index in [4.69, 9.17) is 5.11 Å². The fourth-order valence-corrected chi connectivity index (χ4v) is 0. The van der Waals surface area contributed by atoms with Crippen LogP contribution < -0.4 is 0 Å². The quantitative estimate of drug-likeness (QED) is 0.574. The van der Waals surface area contributed by atoms with Gasteiger partial charge in [0.1, 0.15) is 0 Å². The number of hydrogen-bond donors (Lipinski definition) is 1. The Morgan fingerprint density at radius 2 is 1.75 bits per heavy atom. The maximum Gasteiger partial charge on any atom is 0.0402 e. The monoisotopic (exact) mass is 226 g/mol. The number of aliphatic hydroxyl groups is 1. The maximum atomic E-state index is 7.57. The zero-order valence-electron chi connectivity index (χ0n) is 2.65. The molecule has 0 spiro atoms. The van der Waals surface area contributed by atoms with Gasteiger partial charge in [-0.2, -0.15) is 0 Å². The summed E-state index contributed by atoms with van der Waals surface area (Å²) in [5.74, 6) is 0. The molecule has 1 nitrogen and oxygen atoms in total. The van der Waals surface area contributed by atoms with Crippen molar-refractivity contribution < 1.29 is 30.9 Å². The molecule has 0 unspecified atom stereocenters. The molecule has 0 radical (unpaired) electrons. The Balaban J connectivity index is 0. The van der Waals surface area contributed by atoms with Crippen LogP contribution in [0.15, 0.2) is 0 Å². The molecule has 0 aromatic carbocycles. The van der Waals surface area contributed by atoms with E-state index in [-0.39, 0.29) is 32.5 Å². The molecule has 0 amide bonds. The van der Waals surface area contributed by atoms with Crippen LogP contribution in [0.1, 0.15) is 6.92 Å². The molecule has 0 rings (SSSR count). The Kier molecular flexibility index (Phi) is 20.3. The van der Waals surface area contributed by atoms with E-state index in [0.29, 0.717) is 0 Å². The summed E-state index contributed by atoms with van der Waals surface area (Å²) in [4.78, 5) is 0. The topological polar surface area (TPSA) is 20.2 Å². The fraction of sp³-hybridized carbons (Fsp3) is 1.00. The van der Waals surface area contributed by atoms with Gasteiger partial charge in [-0.3, -0.25) is 0 Å². The summed E-state index contributed by atoms with van der Waals surface area (Å²) in [6.07, 6.45) is 0. The zero-order chi connectivity index (χ0) is 2.71. The van der Waals surface area contributed by atoms with Gasteiger partial charge in [-0.15, -0.1) is 0 Å². The first-order chi connectivity index (χ1) is 1.41. The van der Waals surface area contributed by atoms with E-state index >= 15 is 0 Å². The summed E-state index contributed by atoms with van der Waals surface area (Å²) in [6, 6.07) is 0. The Morgan fingerprint density at radius 3 is 1.75 bits per heavy atom. The SMILES string of the molecule is CCO.[Hf]. The molecular weight excluding hydrogens is 219 g/mol. The first-order valence-electron chi connectivity index (χ1n) is 1.02. The molecule has 0 saturated heterocycles. The van der Waals surface area contributed by atoms with Crippen LogP contribution in [-0.2, 0) is 25.8 Å². The van der Waals surface area contributed by atoms with E-state index in [1.54, 1.807) is 6.92 Å². The molecule has 0 atom stereocenters. The van der Waals surface area contributed by atoms with Crippen molar-refractivity contribution in [1.82, 2.24) is 0 Å². The van der Waals surface area contributed by atoms with Gasteiger partial charge in [0, 0.05) is 32.5 Å². The second kappa shape index (κ2) is 9.16. The molecule has 0 saturated carbocycles. The van der Waals surface area contributed by atoms with E-state index in [2.05, 4.69) is 0 Å². The third-order valence-electron chi connectivity index (χ3n) is 0. The number of hydrogen-bond acceptors (Lipinski definition) is 1. The van der Waals surface area contributed by atoms with Gasteiger partial charge in [0.05, 0.1) is 0 Å². The van der Waals surface area contributed by atoms with Gasteiger partial charge in [-0.25, -0.2) is 0 Å². The molecule has 0 bridgehead atoms. The molecule has 0 fully saturated rings. The van der Waals surface area contributed by atoms with E-state index in [1.807, 2.05) is 0 Å². The Bertz CT molecular complexity index is 6.00. The standard InChI is InChI=1S/C2H6O.Hf/c1-2-3;/h3H,2H2,1H3;. The minimum absolute atomic E-state index is 0. The van der Waals surface area contributed by atoms with Crippen molar-refractivity contribution in [3.8, 4) is 0 Å². The second-order valence-corrected chi connectivity index (χ2v) is 0.316. The van der Waals surface area contributed by atoms with Crippen molar-refractivity contribution in [2.45, 2.75) is 6.92 Å². The van der Waals surface area contributed by atoms with Gasteiger partial charge in [-0.05, 0) is 6.92 Å². The van der Waals surface area contributed by atoms with E-state index < -0.39 is 0 Å². The van der Waals surface area contributed by atoms with Gasteiger partial charge >= 0.3 is 0 Å². The van der Waals surface area contributed by atoms with Crippen LogP contribution in [0, 0.1) is 0 Å². The third-order valence-corrected chi connectivity index (χ3v) is 0. The summed E-state index contributed by atoms with van der Waals surface area (Å²) in [7, 11) is 0. The minimum atomic E-state index is 0. The summed E-state index contributed by atoms with van der Waals surface area (Å²) in [5, 5.41) is 7.57. The summed E-state index contributed by atoms with van der Waals surface area (Å²) < 4.78 is 0. The van der Waals surface area contributed by atoms with Crippen LogP contribution in [0.25, 0.3) is 0 Å². The van der Waals surface area contributed by atoms with Gasteiger partial charge < -0.3 is 5.11 Å². The van der Waals surface area contributed by atoms with Gasteiger partial charge in [0.15, 0.2) is 0 Å². The third kappa shape index (κ3) is 13.8. The van der Waals surface area contributed by atoms with Crippen LogP contribution in [0.2, 0.25) is 0 Å². The Hall–Kier alpha value is 0.830. The molecule has 0 aromatic rings. The van der Waals surface area contributed by atoms with Gasteiger partial charge in [0.25, 0.3) is 0 Å². The smallest absolute Gasteiger partial charge is 0.0402 e. The molecule has 4 heavy (non-hydrogen) atoms. The molecule has 0 aliphatic heterocycles. The first kappa shape index (κ1) is 8.85. The number of aliphatic hydroxyl groups excluding tert-OH is 1. The van der Waals surface area contributed by atoms with Gasteiger partial charge in [-0.1, -0.05) is 0 Å². The van der Waals surface area contributed by atoms with Crippen LogP contribution in [0.3, 0.4) is 0 Å². The summed E-state index contributed by atoms with van der Waals surface area (Å²) >= 11 is 0. The Labute approximate surface area is 44.8 Å². The van der Waals surface area contributed by atoms with Crippen molar-refractivity contribution >= 4 is 0 Å². The fourth-order valence-electron chi connectivity index (χ4n) is 0. The summed E-state index contributed by atoms with van der Waals surface area (Å²) in [5.41, 5.74) is 0. The normalized spacial score (nSPS) is 4.50. The van der Waals surface area contributed by atoms with E-state index in [1.165, 1.54) is 0 Å². The maximum absolute atomic E-state index is 7.57. The van der Waals surface area contributed by atoms with Crippen LogP contribution in [0.4, 0.5) is 0 Å². The number of rotatable bonds is 0. The molecule has 0 aliphatic rings.